The van der Waals surface area contributed by atoms with Crippen molar-refractivity contribution in [2.24, 2.45) is 5.92 Å². The van der Waals surface area contributed by atoms with Gasteiger partial charge in [-0.3, -0.25) is 4.79 Å². The fourth-order valence-corrected chi connectivity index (χ4v) is 4.77. The molecule has 0 saturated heterocycles. The minimum absolute atomic E-state index is 0.0227. The van der Waals surface area contributed by atoms with Crippen LogP contribution in [-0.4, -0.2) is 44.1 Å². The van der Waals surface area contributed by atoms with Crippen LogP contribution in [0.3, 0.4) is 0 Å². The van der Waals surface area contributed by atoms with Gasteiger partial charge in [0, 0.05) is 19.0 Å². The number of methoxy groups -OCH3 is 2. The number of hydrogen-bond acceptors (Lipinski definition) is 4. The van der Waals surface area contributed by atoms with Crippen LogP contribution in [-0.2, 0) is 11.2 Å². The number of fused-ring (bicyclic) bond motifs is 1. The number of para-hydroxylation sites is 1. The monoisotopic (exact) mass is 455 g/mol. The van der Waals surface area contributed by atoms with Crippen molar-refractivity contribution in [3.05, 3.63) is 53.3 Å². The molecule has 0 spiro atoms. The zero-order chi connectivity index (χ0) is 23.4. The number of rotatable bonds is 6. The van der Waals surface area contributed by atoms with Gasteiger partial charge in [0.2, 0.25) is 5.91 Å². The van der Waals surface area contributed by atoms with Gasteiger partial charge in [0.25, 0.3) is 0 Å². The van der Waals surface area contributed by atoms with Gasteiger partial charge in [0.05, 0.1) is 25.9 Å². The lowest BCUT2D eigenvalue weighted by Crippen LogP contribution is -2.47. The number of halogens is 1. The Labute approximate surface area is 193 Å². The van der Waals surface area contributed by atoms with Crippen LogP contribution in [0.25, 0.3) is 0 Å². The van der Waals surface area contributed by atoms with Crippen molar-refractivity contribution in [3.8, 4) is 11.5 Å². The number of amides is 3. The van der Waals surface area contributed by atoms with Crippen molar-refractivity contribution in [1.29, 1.82) is 0 Å². The first-order valence-electron chi connectivity index (χ1n) is 11.4. The van der Waals surface area contributed by atoms with Gasteiger partial charge in [-0.25, -0.2) is 9.18 Å². The van der Waals surface area contributed by atoms with Crippen LogP contribution >= 0.6 is 0 Å². The molecule has 4 rings (SSSR count). The molecule has 1 heterocycles. The highest BCUT2D eigenvalue weighted by Crippen LogP contribution is 2.38. The summed E-state index contributed by atoms with van der Waals surface area (Å²) in [5.41, 5.74) is 2.03. The lowest BCUT2D eigenvalue weighted by molar-refractivity contribution is -0.125. The standard InChI is InChI=1S/C25H30FN3O4/c1-32-22-13-17-11-12-29(25(31)28-20-10-6-5-9-19(20)26)21(18(17)14-23(22)33-2)15-27-24(30)16-7-3-4-8-16/h5-6,9-10,13-14,16,21H,3-4,7-8,11-12,15H2,1-2H3,(H,27,30)(H,28,31). The van der Waals surface area contributed by atoms with E-state index in [1.165, 1.54) is 12.1 Å². The molecule has 2 aromatic rings. The SMILES string of the molecule is COc1cc2c(cc1OC)C(CNC(=O)C1CCCC1)N(C(=O)Nc1ccccc1F)CC2. The summed E-state index contributed by atoms with van der Waals surface area (Å²) < 4.78 is 25.1. The minimum Gasteiger partial charge on any atom is -0.493 e. The zero-order valence-electron chi connectivity index (χ0n) is 19.0. The number of anilines is 1. The maximum Gasteiger partial charge on any atom is 0.322 e. The average Bonchev–Trinajstić information content (AvgIpc) is 3.37. The van der Waals surface area contributed by atoms with E-state index < -0.39 is 17.9 Å². The molecule has 1 unspecified atom stereocenters. The van der Waals surface area contributed by atoms with Crippen LogP contribution in [0, 0.1) is 11.7 Å². The van der Waals surface area contributed by atoms with E-state index in [2.05, 4.69) is 10.6 Å². The number of carbonyl (C=O) groups is 2. The van der Waals surface area contributed by atoms with Crippen LogP contribution in [0.4, 0.5) is 14.9 Å². The molecule has 2 aliphatic rings. The molecule has 2 N–H and O–H groups in total. The predicted molar refractivity (Wildman–Crippen MR) is 123 cm³/mol. The van der Waals surface area contributed by atoms with E-state index >= 15 is 0 Å². The van der Waals surface area contributed by atoms with Crippen molar-refractivity contribution in [3.63, 3.8) is 0 Å². The van der Waals surface area contributed by atoms with Gasteiger partial charge >= 0.3 is 6.03 Å². The molecule has 0 aromatic heterocycles. The molecule has 8 heteroatoms. The van der Waals surface area contributed by atoms with E-state index in [1.54, 1.807) is 31.3 Å². The average molecular weight is 456 g/mol. The number of ether oxygens (including phenoxy) is 2. The highest BCUT2D eigenvalue weighted by atomic mass is 19.1. The molecule has 1 saturated carbocycles. The summed E-state index contributed by atoms with van der Waals surface area (Å²) in [6, 6.07) is 9.01. The van der Waals surface area contributed by atoms with E-state index in [4.69, 9.17) is 9.47 Å². The Hall–Kier alpha value is -3.29. The van der Waals surface area contributed by atoms with Gasteiger partial charge in [-0.2, -0.15) is 0 Å². The van der Waals surface area contributed by atoms with Gasteiger partial charge in [-0.05, 0) is 54.7 Å². The lowest BCUT2D eigenvalue weighted by Gasteiger charge is -2.38. The second-order valence-electron chi connectivity index (χ2n) is 8.50. The smallest absolute Gasteiger partial charge is 0.322 e. The van der Waals surface area contributed by atoms with Crippen LogP contribution in [0.2, 0.25) is 0 Å². The summed E-state index contributed by atoms with van der Waals surface area (Å²) in [5.74, 6) is 0.725. The van der Waals surface area contributed by atoms with Gasteiger partial charge < -0.3 is 25.0 Å². The summed E-state index contributed by atoms with van der Waals surface area (Å²) >= 11 is 0. The third-order valence-electron chi connectivity index (χ3n) is 6.57. The summed E-state index contributed by atoms with van der Waals surface area (Å²) in [6.45, 7) is 0.690. The Morgan fingerprint density at radius 1 is 1.09 bits per heavy atom. The van der Waals surface area contributed by atoms with Crippen molar-refractivity contribution in [2.45, 2.75) is 38.1 Å². The Bertz CT molecular complexity index is 1020. The molecular weight excluding hydrogens is 425 g/mol. The van der Waals surface area contributed by atoms with Crippen LogP contribution in [0.5, 0.6) is 11.5 Å². The Morgan fingerprint density at radius 3 is 2.48 bits per heavy atom. The highest BCUT2D eigenvalue weighted by molar-refractivity contribution is 5.90. The van der Waals surface area contributed by atoms with E-state index in [-0.39, 0.29) is 24.1 Å². The Balaban J connectivity index is 1.61. The third-order valence-corrected chi connectivity index (χ3v) is 6.57. The number of nitrogens with zero attached hydrogens (tertiary/aromatic N) is 1. The summed E-state index contributed by atoms with van der Waals surface area (Å²) in [6.07, 6.45) is 4.54. The summed E-state index contributed by atoms with van der Waals surface area (Å²) in [7, 11) is 3.15. The van der Waals surface area contributed by atoms with Gasteiger partial charge in [0.1, 0.15) is 5.82 Å². The van der Waals surface area contributed by atoms with Crippen LogP contribution in [0.15, 0.2) is 36.4 Å². The van der Waals surface area contributed by atoms with E-state index in [9.17, 15) is 14.0 Å². The largest absolute Gasteiger partial charge is 0.493 e. The highest BCUT2D eigenvalue weighted by Gasteiger charge is 2.33. The molecule has 2 aromatic carbocycles. The van der Waals surface area contributed by atoms with Crippen molar-refractivity contribution in [2.75, 3.05) is 32.6 Å². The molecule has 0 bridgehead atoms. The summed E-state index contributed by atoms with van der Waals surface area (Å²) in [5, 5.41) is 5.73. The molecule has 0 radical (unpaired) electrons. The van der Waals surface area contributed by atoms with E-state index in [0.29, 0.717) is 24.5 Å². The lowest BCUT2D eigenvalue weighted by atomic mass is 9.91. The van der Waals surface area contributed by atoms with Crippen molar-refractivity contribution < 1.29 is 23.5 Å². The third kappa shape index (κ3) is 4.89. The normalized spacial score (nSPS) is 17.9. The maximum atomic E-state index is 14.1. The molecule has 1 aliphatic heterocycles. The molecule has 33 heavy (non-hydrogen) atoms. The number of nitrogens with one attached hydrogen (secondary N) is 2. The Morgan fingerprint density at radius 2 is 1.79 bits per heavy atom. The molecule has 1 aliphatic carbocycles. The molecule has 3 amide bonds. The Kier molecular flexibility index (Phi) is 7.01. The fourth-order valence-electron chi connectivity index (χ4n) is 4.77. The number of carbonyl (C=O) groups excluding carboxylic acids is 2. The molecule has 1 atom stereocenters. The summed E-state index contributed by atoms with van der Waals surface area (Å²) in [4.78, 5) is 27.6. The van der Waals surface area contributed by atoms with E-state index in [0.717, 1.165) is 36.8 Å². The molecule has 7 nitrogen and oxygen atoms in total. The zero-order valence-corrected chi connectivity index (χ0v) is 19.0. The van der Waals surface area contributed by atoms with Gasteiger partial charge in [0.15, 0.2) is 11.5 Å². The number of hydrogen-bond donors (Lipinski definition) is 2. The molecular formula is C25H30FN3O4. The quantitative estimate of drug-likeness (QED) is 0.681. The second-order valence-corrected chi connectivity index (χ2v) is 8.50. The van der Waals surface area contributed by atoms with Gasteiger partial charge in [-0.1, -0.05) is 25.0 Å². The number of urea groups is 1. The van der Waals surface area contributed by atoms with Crippen LogP contribution < -0.4 is 20.1 Å². The maximum absolute atomic E-state index is 14.1. The first-order valence-corrected chi connectivity index (χ1v) is 11.4. The van der Waals surface area contributed by atoms with Crippen molar-refractivity contribution >= 4 is 17.6 Å². The van der Waals surface area contributed by atoms with Crippen molar-refractivity contribution in [1.82, 2.24) is 10.2 Å². The minimum atomic E-state index is -0.499. The fraction of sp³-hybridized carbons (Fsp3) is 0.440. The topological polar surface area (TPSA) is 79.9 Å². The first-order chi connectivity index (χ1) is 16.0. The number of benzene rings is 2. The predicted octanol–water partition coefficient (Wildman–Crippen LogP) is 4.28. The van der Waals surface area contributed by atoms with Crippen LogP contribution in [0.1, 0.15) is 42.9 Å². The molecule has 1 fully saturated rings. The van der Waals surface area contributed by atoms with Gasteiger partial charge in [-0.15, -0.1) is 0 Å². The molecule has 176 valence electrons. The second kappa shape index (κ2) is 10.1. The first kappa shape index (κ1) is 22.9. The van der Waals surface area contributed by atoms with E-state index in [1.807, 2.05) is 12.1 Å².